The molecule has 0 fully saturated rings. The Morgan fingerprint density at radius 3 is 2.56 bits per heavy atom. The highest BCUT2D eigenvalue weighted by molar-refractivity contribution is 6.08. The van der Waals surface area contributed by atoms with E-state index in [0.29, 0.717) is 0 Å². The second kappa shape index (κ2) is 7.37. The Morgan fingerprint density at radius 1 is 1.33 bits per heavy atom. The SMILES string of the molecule is [B]CC[C@H](NC(=O)OCc1ccccc1)C(=O)O. The highest BCUT2D eigenvalue weighted by Gasteiger charge is 2.19. The van der Waals surface area contributed by atoms with Gasteiger partial charge in [0.1, 0.15) is 12.6 Å². The Labute approximate surface area is 107 Å². The first-order valence-corrected chi connectivity index (χ1v) is 5.53. The number of aliphatic carboxylic acids is 1. The maximum absolute atomic E-state index is 11.4. The Balaban J connectivity index is 2.39. The predicted molar refractivity (Wildman–Crippen MR) is 66.4 cm³/mol. The lowest BCUT2D eigenvalue weighted by molar-refractivity contribution is -0.139. The average Bonchev–Trinajstić information content (AvgIpc) is 2.37. The molecule has 6 heteroatoms. The number of hydrogen-bond acceptors (Lipinski definition) is 3. The van der Waals surface area contributed by atoms with Gasteiger partial charge < -0.3 is 15.2 Å². The standard InChI is InChI=1S/C12H14BNO4/c13-7-6-10(11(15)16)14-12(17)18-8-9-4-2-1-3-5-9/h1-5,10H,6-8H2,(H,14,17)(H,15,16)/t10-/m0/s1. The Hall–Kier alpha value is -1.98. The van der Waals surface area contributed by atoms with Gasteiger partial charge in [0.2, 0.25) is 0 Å². The van der Waals surface area contributed by atoms with Crippen molar-refractivity contribution in [1.82, 2.24) is 5.32 Å². The number of hydrogen-bond donors (Lipinski definition) is 2. The minimum Gasteiger partial charge on any atom is -0.480 e. The van der Waals surface area contributed by atoms with Gasteiger partial charge in [-0.15, -0.1) is 0 Å². The summed E-state index contributed by atoms with van der Waals surface area (Å²) in [6, 6.07) is 8.10. The lowest BCUT2D eigenvalue weighted by Crippen LogP contribution is -2.40. The Kier molecular flexibility index (Phi) is 5.77. The number of carboxylic acid groups (broad SMARTS) is 1. The normalized spacial score (nSPS) is 11.6. The lowest BCUT2D eigenvalue weighted by Gasteiger charge is -2.13. The van der Waals surface area contributed by atoms with Crippen LogP contribution < -0.4 is 5.32 Å². The molecule has 1 amide bonds. The molecule has 0 aliphatic rings. The topological polar surface area (TPSA) is 75.6 Å². The van der Waals surface area contributed by atoms with Crippen molar-refractivity contribution < 1.29 is 19.4 Å². The summed E-state index contributed by atoms with van der Waals surface area (Å²) < 4.78 is 4.90. The fourth-order valence-corrected chi connectivity index (χ4v) is 1.33. The molecule has 2 N–H and O–H groups in total. The summed E-state index contributed by atoms with van der Waals surface area (Å²) in [5.41, 5.74) is 0.832. The van der Waals surface area contributed by atoms with Crippen molar-refractivity contribution in [2.45, 2.75) is 25.4 Å². The van der Waals surface area contributed by atoms with Crippen LogP contribution in [0.15, 0.2) is 30.3 Å². The van der Waals surface area contributed by atoms with Gasteiger partial charge >= 0.3 is 12.1 Å². The molecule has 94 valence electrons. The molecule has 0 aromatic heterocycles. The third-order valence-electron chi connectivity index (χ3n) is 2.26. The van der Waals surface area contributed by atoms with Crippen LogP contribution in [0.1, 0.15) is 12.0 Å². The Bertz CT molecular complexity index is 396. The molecule has 0 saturated carbocycles. The fraction of sp³-hybridized carbons (Fsp3) is 0.333. The fourth-order valence-electron chi connectivity index (χ4n) is 1.33. The van der Waals surface area contributed by atoms with Gasteiger partial charge in [0.25, 0.3) is 0 Å². The van der Waals surface area contributed by atoms with Gasteiger partial charge in [0.15, 0.2) is 0 Å². The number of carboxylic acids is 1. The third kappa shape index (κ3) is 4.90. The van der Waals surface area contributed by atoms with E-state index in [0.717, 1.165) is 5.56 Å². The number of nitrogens with one attached hydrogen (secondary N) is 1. The monoisotopic (exact) mass is 247 g/mol. The van der Waals surface area contributed by atoms with Crippen molar-refractivity contribution in [1.29, 1.82) is 0 Å². The van der Waals surface area contributed by atoms with E-state index >= 15 is 0 Å². The zero-order chi connectivity index (χ0) is 13.4. The third-order valence-corrected chi connectivity index (χ3v) is 2.26. The van der Waals surface area contributed by atoms with E-state index in [1.54, 1.807) is 0 Å². The smallest absolute Gasteiger partial charge is 0.408 e. The number of ether oxygens (including phenoxy) is 1. The van der Waals surface area contributed by atoms with Crippen molar-refractivity contribution in [3.63, 3.8) is 0 Å². The molecule has 0 spiro atoms. The quantitative estimate of drug-likeness (QED) is 0.744. The molecule has 0 aliphatic carbocycles. The summed E-state index contributed by atoms with van der Waals surface area (Å²) in [6.07, 6.45) is -0.425. The molecule has 0 heterocycles. The summed E-state index contributed by atoms with van der Waals surface area (Å²) in [5.74, 6) is -1.13. The summed E-state index contributed by atoms with van der Waals surface area (Å²) in [5, 5.41) is 11.1. The molecule has 5 nitrogen and oxygen atoms in total. The van der Waals surface area contributed by atoms with Gasteiger partial charge in [-0.2, -0.15) is 0 Å². The minimum absolute atomic E-state index is 0.0988. The lowest BCUT2D eigenvalue weighted by atomic mass is 9.98. The molecule has 1 aromatic rings. The van der Waals surface area contributed by atoms with Crippen LogP contribution in [0.5, 0.6) is 0 Å². The first-order valence-electron chi connectivity index (χ1n) is 5.53. The van der Waals surface area contributed by atoms with Crippen molar-refractivity contribution in [3.05, 3.63) is 35.9 Å². The molecular formula is C12H14BNO4. The molecule has 2 radical (unpaired) electrons. The number of rotatable bonds is 6. The molecular weight excluding hydrogens is 233 g/mol. The van der Waals surface area contributed by atoms with Gasteiger partial charge in [-0.25, -0.2) is 9.59 Å². The largest absolute Gasteiger partial charge is 0.480 e. The van der Waals surface area contributed by atoms with E-state index in [1.165, 1.54) is 0 Å². The van der Waals surface area contributed by atoms with E-state index in [2.05, 4.69) is 5.32 Å². The van der Waals surface area contributed by atoms with E-state index < -0.39 is 18.1 Å². The number of benzene rings is 1. The van der Waals surface area contributed by atoms with Gasteiger partial charge in [-0.05, 0) is 12.0 Å². The van der Waals surface area contributed by atoms with E-state index in [-0.39, 0.29) is 19.3 Å². The molecule has 0 aliphatic heterocycles. The summed E-state index contributed by atoms with van der Waals surface area (Å²) in [6.45, 7) is 0.0988. The predicted octanol–water partition coefficient (Wildman–Crippen LogP) is 1.34. The first kappa shape index (κ1) is 14.1. The van der Waals surface area contributed by atoms with Crippen LogP contribution in [0.3, 0.4) is 0 Å². The zero-order valence-corrected chi connectivity index (χ0v) is 9.83. The summed E-state index contributed by atoms with van der Waals surface area (Å²) in [7, 11) is 5.25. The van der Waals surface area contributed by atoms with E-state index in [1.807, 2.05) is 30.3 Å². The van der Waals surface area contributed by atoms with Gasteiger partial charge in [-0.3, -0.25) is 0 Å². The maximum Gasteiger partial charge on any atom is 0.408 e. The molecule has 18 heavy (non-hydrogen) atoms. The zero-order valence-electron chi connectivity index (χ0n) is 9.83. The van der Waals surface area contributed by atoms with E-state index in [9.17, 15) is 9.59 Å². The van der Waals surface area contributed by atoms with Crippen LogP contribution in [0.25, 0.3) is 0 Å². The van der Waals surface area contributed by atoms with Crippen molar-refractivity contribution in [2.24, 2.45) is 0 Å². The number of carbonyl (C=O) groups is 2. The van der Waals surface area contributed by atoms with Crippen LogP contribution in [0.2, 0.25) is 6.32 Å². The first-order chi connectivity index (χ1) is 8.63. The second-order valence-electron chi connectivity index (χ2n) is 3.67. The van der Waals surface area contributed by atoms with Crippen LogP contribution in [-0.2, 0) is 16.1 Å². The molecule has 0 unspecified atom stereocenters. The maximum atomic E-state index is 11.4. The van der Waals surface area contributed by atoms with Crippen LogP contribution in [-0.4, -0.2) is 31.1 Å². The van der Waals surface area contributed by atoms with Crippen LogP contribution >= 0.6 is 0 Å². The summed E-state index contributed by atoms with van der Waals surface area (Å²) >= 11 is 0. The molecule has 0 saturated heterocycles. The van der Waals surface area contributed by atoms with Gasteiger partial charge in [-0.1, -0.05) is 36.7 Å². The van der Waals surface area contributed by atoms with E-state index in [4.69, 9.17) is 17.7 Å². The molecule has 0 bridgehead atoms. The highest BCUT2D eigenvalue weighted by atomic mass is 16.5. The number of carbonyl (C=O) groups excluding carboxylic acids is 1. The minimum atomic E-state index is -1.13. The van der Waals surface area contributed by atoms with Crippen LogP contribution in [0.4, 0.5) is 4.79 Å². The highest BCUT2D eigenvalue weighted by Crippen LogP contribution is 2.02. The second-order valence-corrected chi connectivity index (χ2v) is 3.67. The van der Waals surface area contributed by atoms with Crippen molar-refractivity contribution in [3.8, 4) is 0 Å². The number of amides is 1. The summed E-state index contributed by atoms with van der Waals surface area (Å²) in [4.78, 5) is 22.1. The van der Waals surface area contributed by atoms with Gasteiger partial charge in [0, 0.05) is 0 Å². The van der Waals surface area contributed by atoms with Crippen molar-refractivity contribution in [2.75, 3.05) is 0 Å². The molecule has 1 atom stereocenters. The average molecular weight is 247 g/mol. The Morgan fingerprint density at radius 2 is 2.00 bits per heavy atom. The van der Waals surface area contributed by atoms with Crippen molar-refractivity contribution >= 4 is 19.9 Å². The molecule has 1 aromatic carbocycles. The number of alkyl carbamates (subject to hydrolysis) is 1. The van der Waals surface area contributed by atoms with Crippen LogP contribution in [0, 0.1) is 0 Å². The molecule has 1 rings (SSSR count). The van der Waals surface area contributed by atoms with Gasteiger partial charge in [0.05, 0.1) is 7.85 Å².